The third-order valence-corrected chi connectivity index (χ3v) is 6.13. The predicted octanol–water partition coefficient (Wildman–Crippen LogP) is 1.73. The van der Waals surface area contributed by atoms with Gasteiger partial charge in [0.2, 0.25) is 5.91 Å². The van der Waals surface area contributed by atoms with Crippen LogP contribution in [-0.2, 0) is 14.3 Å². The largest absolute Gasteiger partial charge is 0.489 e. The minimum atomic E-state index is -0.658. The molecule has 7 nitrogen and oxygen atoms in total. The van der Waals surface area contributed by atoms with Crippen molar-refractivity contribution in [3.63, 3.8) is 0 Å². The third-order valence-electron chi connectivity index (χ3n) is 5.06. The number of amides is 1. The average Bonchev–Trinajstić information content (AvgIpc) is 3.18. The summed E-state index contributed by atoms with van der Waals surface area (Å²) in [6.45, 7) is 1.16. The number of rotatable bonds is 12. The fraction of sp³-hybridized carbons (Fsp3) is 0.545. The molecule has 0 aliphatic carbocycles. The predicted molar refractivity (Wildman–Crippen MR) is 129 cm³/mol. The number of nitrogens with two attached hydrogens (primary N) is 1. The van der Waals surface area contributed by atoms with Crippen molar-refractivity contribution >= 4 is 36.3 Å². The average molecular weight is 468 g/mol. The second kappa shape index (κ2) is 13.7. The highest BCUT2D eigenvalue weighted by atomic mass is 32.2. The number of methoxy groups -OCH3 is 1. The maximum Gasteiger partial charge on any atom is 0.328 e. The van der Waals surface area contributed by atoms with Crippen molar-refractivity contribution in [1.29, 1.82) is 0 Å². The molecule has 1 saturated heterocycles. The number of nitrogens with one attached hydrogen (secondary N) is 1. The van der Waals surface area contributed by atoms with E-state index in [1.165, 1.54) is 7.11 Å². The highest BCUT2D eigenvalue weighted by molar-refractivity contribution is 7.98. The molecule has 0 unspecified atom stereocenters. The molecule has 4 atom stereocenters. The summed E-state index contributed by atoms with van der Waals surface area (Å²) in [6, 6.07) is 8.37. The van der Waals surface area contributed by atoms with Gasteiger partial charge >= 0.3 is 5.97 Å². The Morgan fingerprint density at radius 3 is 2.77 bits per heavy atom. The Hall–Kier alpha value is -1.68. The van der Waals surface area contributed by atoms with Crippen LogP contribution in [-0.4, -0.2) is 79.0 Å². The van der Waals surface area contributed by atoms with E-state index in [1.807, 2.05) is 53.6 Å². The van der Waals surface area contributed by atoms with Gasteiger partial charge in [0.15, 0.2) is 0 Å². The van der Waals surface area contributed by atoms with E-state index in [9.17, 15) is 9.59 Å². The van der Waals surface area contributed by atoms with Gasteiger partial charge in [0, 0.05) is 31.3 Å². The zero-order valence-corrected chi connectivity index (χ0v) is 19.8. The number of hydrogen-bond donors (Lipinski definition) is 3. The van der Waals surface area contributed by atoms with Crippen molar-refractivity contribution in [2.24, 2.45) is 5.73 Å². The molecule has 3 N–H and O–H groups in total. The quantitative estimate of drug-likeness (QED) is 0.245. The number of likely N-dealkylation sites (tertiary alicyclic amines) is 1. The summed E-state index contributed by atoms with van der Waals surface area (Å²) < 4.78 is 11.0. The standard InChI is InChI=1S/C22H33N3O4S2/c1-28-22(27)19(10-12-31-2)24-21(26)20-13-18(29-17-8-4-3-5-9-17)14-25(20)11-6-7-16(23)15-30/h3-9,16,18-20,30H,10-15,23H2,1-2H3,(H,24,26)/b7-6+/t16-,18-,19+,20+/m1/s1. The number of nitrogens with zero attached hydrogens (tertiary/aromatic N) is 1. The zero-order valence-electron chi connectivity index (χ0n) is 18.1. The molecule has 1 aliphatic heterocycles. The van der Waals surface area contributed by atoms with Crippen LogP contribution >= 0.6 is 24.4 Å². The topological polar surface area (TPSA) is 93.9 Å². The molecule has 1 heterocycles. The lowest BCUT2D eigenvalue weighted by molar-refractivity contribution is -0.145. The fourth-order valence-electron chi connectivity index (χ4n) is 3.44. The van der Waals surface area contributed by atoms with E-state index in [0.717, 1.165) is 11.5 Å². The summed E-state index contributed by atoms with van der Waals surface area (Å²) in [7, 11) is 1.33. The number of para-hydroxylation sites is 1. The minimum absolute atomic E-state index is 0.132. The van der Waals surface area contributed by atoms with E-state index >= 15 is 0 Å². The lowest BCUT2D eigenvalue weighted by Crippen LogP contribution is -2.50. The maximum absolute atomic E-state index is 13.1. The molecular formula is C22H33N3O4S2. The first kappa shape index (κ1) is 25.6. The Bertz CT molecular complexity index is 720. The zero-order chi connectivity index (χ0) is 22.6. The van der Waals surface area contributed by atoms with Crippen molar-refractivity contribution in [3.8, 4) is 5.75 Å². The van der Waals surface area contributed by atoms with Crippen molar-refractivity contribution in [2.45, 2.75) is 37.1 Å². The van der Waals surface area contributed by atoms with Crippen LogP contribution < -0.4 is 15.8 Å². The van der Waals surface area contributed by atoms with Gasteiger partial charge in [0.1, 0.15) is 17.9 Å². The third kappa shape index (κ3) is 8.40. The Kier molecular flexibility index (Phi) is 11.3. The number of hydrogen-bond acceptors (Lipinski definition) is 8. The van der Waals surface area contributed by atoms with Gasteiger partial charge in [-0.2, -0.15) is 24.4 Å². The number of carbonyl (C=O) groups excluding carboxylic acids is 2. The molecule has 1 aromatic rings. The molecule has 1 aromatic carbocycles. The van der Waals surface area contributed by atoms with Crippen LogP contribution in [0.15, 0.2) is 42.5 Å². The van der Waals surface area contributed by atoms with Crippen LogP contribution in [0, 0.1) is 0 Å². The van der Waals surface area contributed by atoms with Crippen LogP contribution in [0.4, 0.5) is 0 Å². The van der Waals surface area contributed by atoms with E-state index in [0.29, 0.717) is 31.7 Å². The molecule has 1 fully saturated rings. The molecule has 0 bridgehead atoms. The number of carbonyl (C=O) groups is 2. The Morgan fingerprint density at radius 2 is 2.13 bits per heavy atom. The number of thiol groups is 1. The summed E-state index contributed by atoms with van der Waals surface area (Å²) in [4.78, 5) is 27.3. The second-order valence-electron chi connectivity index (χ2n) is 7.40. The van der Waals surface area contributed by atoms with Crippen molar-refractivity contribution in [3.05, 3.63) is 42.5 Å². The first-order valence-corrected chi connectivity index (χ1v) is 12.4. The molecule has 0 saturated carbocycles. The molecular weight excluding hydrogens is 434 g/mol. The smallest absolute Gasteiger partial charge is 0.328 e. The summed E-state index contributed by atoms with van der Waals surface area (Å²) in [5, 5.41) is 2.88. The lowest BCUT2D eigenvalue weighted by atomic mass is 10.1. The Morgan fingerprint density at radius 1 is 1.39 bits per heavy atom. The van der Waals surface area contributed by atoms with Crippen molar-refractivity contribution in [1.82, 2.24) is 10.2 Å². The molecule has 0 radical (unpaired) electrons. The van der Waals surface area contributed by atoms with Crippen molar-refractivity contribution < 1.29 is 19.1 Å². The Balaban J connectivity index is 2.08. The van der Waals surface area contributed by atoms with Gasteiger partial charge in [0.05, 0.1) is 13.2 Å². The van der Waals surface area contributed by atoms with E-state index in [-0.39, 0.29) is 18.1 Å². The second-order valence-corrected chi connectivity index (χ2v) is 8.75. The van der Waals surface area contributed by atoms with E-state index in [4.69, 9.17) is 15.2 Å². The maximum atomic E-state index is 13.1. The van der Waals surface area contributed by atoms with Gasteiger partial charge in [-0.1, -0.05) is 30.4 Å². The van der Waals surface area contributed by atoms with Gasteiger partial charge in [0.25, 0.3) is 0 Å². The fourth-order valence-corrected chi connectivity index (χ4v) is 4.03. The summed E-state index contributed by atoms with van der Waals surface area (Å²) >= 11 is 5.81. The van der Waals surface area contributed by atoms with Gasteiger partial charge in [-0.3, -0.25) is 9.69 Å². The van der Waals surface area contributed by atoms with Crippen LogP contribution in [0.2, 0.25) is 0 Å². The number of thioether (sulfide) groups is 1. The molecule has 1 aliphatic rings. The molecule has 0 aromatic heterocycles. The van der Waals surface area contributed by atoms with E-state index in [1.54, 1.807) is 11.8 Å². The minimum Gasteiger partial charge on any atom is -0.489 e. The highest BCUT2D eigenvalue weighted by Gasteiger charge is 2.38. The normalized spacial score (nSPS) is 21.0. The first-order chi connectivity index (χ1) is 15.0. The molecule has 9 heteroatoms. The molecule has 31 heavy (non-hydrogen) atoms. The lowest BCUT2D eigenvalue weighted by Gasteiger charge is -2.24. The number of ether oxygens (including phenoxy) is 2. The van der Waals surface area contributed by atoms with Crippen LogP contribution in [0.1, 0.15) is 12.8 Å². The van der Waals surface area contributed by atoms with E-state index in [2.05, 4.69) is 17.9 Å². The van der Waals surface area contributed by atoms with Gasteiger partial charge < -0.3 is 20.5 Å². The van der Waals surface area contributed by atoms with Crippen molar-refractivity contribution in [2.75, 3.05) is 38.0 Å². The van der Waals surface area contributed by atoms with Crippen LogP contribution in [0.3, 0.4) is 0 Å². The number of benzene rings is 1. The van der Waals surface area contributed by atoms with Gasteiger partial charge in [-0.15, -0.1) is 0 Å². The summed E-state index contributed by atoms with van der Waals surface area (Å²) in [5.41, 5.74) is 5.90. The SMILES string of the molecule is COC(=O)[C@H](CCSC)NC(=O)[C@@H]1C[C@@H](Oc2ccccc2)CN1C/C=C/[C@@H](N)CS. The molecule has 172 valence electrons. The molecule has 2 rings (SSSR count). The van der Waals surface area contributed by atoms with Crippen LogP contribution in [0.25, 0.3) is 0 Å². The van der Waals surface area contributed by atoms with Crippen LogP contribution in [0.5, 0.6) is 5.75 Å². The Labute approximate surface area is 194 Å². The van der Waals surface area contributed by atoms with Gasteiger partial charge in [-0.25, -0.2) is 4.79 Å². The molecule has 1 amide bonds. The summed E-state index contributed by atoms with van der Waals surface area (Å²) in [5.74, 6) is 1.45. The monoisotopic (exact) mass is 467 g/mol. The highest BCUT2D eigenvalue weighted by Crippen LogP contribution is 2.23. The van der Waals surface area contributed by atoms with Gasteiger partial charge in [-0.05, 0) is 30.6 Å². The first-order valence-electron chi connectivity index (χ1n) is 10.3. The summed E-state index contributed by atoms with van der Waals surface area (Å²) in [6.07, 6.45) is 6.73. The molecule has 0 spiro atoms. The van der Waals surface area contributed by atoms with E-state index < -0.39 is 18.1 Å². The number of esters is 1.